The molecule has 0 saturated carbocycles. The van der Waals surface area contributed by atoms with Crippen molar-refractivity contribution in [3.05, 3.63) is 83.3 Å². The Balaban J connectivity index is 1.29. The van der Waals surface area contributed by atoms with E-state index >= 15 is 0 Å². The summed E-state index contributed by atoms with van der Waals surface area (Å²) in [6.07, 6.45) is 6.62. The highest BCUT2D eigenvalue weighted by atomic mass is 35.5. The largest absolute Gasteiger partial charge is 0.361 e. The van der Waals surface area contributed by atoms with E-state index in [9.17, 15) is 4.79 Å². The summed E-state index contributed by atoms with van der Waals surface area (Å²) in [5.41, 5.74) is 3.72. The van der Waals surface area contributed by atoms with Crippen LogP contribution < -0.4 is 5.32 Å². The van der Waals surface area contributed by atoms with Crippen molar-refractivity contribution in [2.45, 2.75) is 6.42 Å². The number of H-pyrrole nitrogens is 1. The van der Waals surface area contributed by atoms with Crippen LogP contribution in [0.1, 0.15) is 15.9 Å². The molecule has 5 nitrogen and oxygen atoms in total. The van der Waals surface area contributed by atoms with E-state index in [4.69, 9.17) is 11.6 Å². The number of nitrogens with zero attached hydrogens (tertiary/aromatic N) is 2. The first kappa shape index (κ1) is 18.0. The minimum Gasteiger partial charge on any atom is -0.361 e. The summed E-state index contributed by atoms with van der Waals surface area (Å²) in [6.45, 7) is 0.549. The summed E-state index contributed by atoms with van der Waals surface area (Å²) >= 11 is 7.67. The van der Waals surface area contributed by atoms with Crippen LogP contribution in [-0.2, 0) is 6.42 Å². The number of halogens is 1. The minimum atomic E-state index is -0.0827. The Hall–Kier alpha value is -3.09. The van der Waals surface area contributed by atoms with Crippen molar-refractivity contribution in [3.63, 3.8) is 0 Å². The van der Waals surface area contributed by atoms with Gasteiger partial charge in [0.05, 0.1) is 10.2 Å². The molecular formula is C22H17ClN4OS. The van der Waals surface area contributed by atoms with E-state index in [1.54, 1.807) is 11.3 Å². The Morgan fingerprint density at radius 2 is 2.03 bits per heavy atom. The van der Waals surface area contributed by atoms with E-state index in [1.807, 2.05) is 71.7 Å². The first-order valence-electron chi connectivity index (χ1n) is 9.25. The molecule has 0 bridgehead atoms. The van der Waals surface area contributed by atoms with Crippen LogP contribution in [0.3, 0.4) is 0 Å². The van der Waals surface area contributed by atoms with Gasteiger partial charge in [0.1, 0.15) is 0 Å². The van der Waals surface area contributed by atoms with Crippen LogP contribution in [0.4, 0.5) is 0 Å². The molecule has 0 unspecified atom stereocenters. The predicted molar refractivity (Wildman–Crippen MR) is 118 cm³/mol. The Bertz CT molecular complexity index is 1320. The minimum absolute atomic E-state index is 0.0827. The summed E-state index contributed by atoms with van der Waals surface area (Å²) in [7, 11) is 0. The molecule has 7 heteroatoms. The molecule has 1 amide bonds. The summed E-state index contributed by atoms with van der Waals surface area (Å²) in [5, 5.41) is 5.70. The van der Waals surface area contributed by atoms with Crippen LogP contribution in [0.25, 0.3) is 26.3 Å². The van der Waals surface area contributed by atoms with Gasteiger partial charge < -0.3 is 14.9 Å². The molecular weight excluding hydrogens is 404 g/mol. The van der Waals surface area contributed by atoms with E-state index < -0.39 is 0 Å². The zero-order valence-electron chi connectivity index (χ0n) is 15.4. The maximum atomic E-state index is 12.6. The van der Waals surface area contributed by atoms with Gasteiger partial charge in [0.2, 0.25) is 0 Å². The Kier molecular flexibility index (Phi) is 4.58. The third-order valence-electron chi connectivity index (χ3n) is 4.87. The van der Waals surface area contributed by atoms with Crippen LogP contribution in [0.15, 0.2) is 67.1 Å². The van der Waals surface area contributed by atoms with Gasteiger partial charge in [-0.05, 0) is 60.5 Å². The van der Waals surface area contributed by atoms with E-state index in [-0.39, 0.29) is 5.91 Å². The monoisotopic (exact) mass is 420 g/mol. The van der Waals surface area contributed by atoms with Gasteiger partial charge in [-0.2, -0.15) is 0 Å². The Morgan fingerprint density at radius 1 is 1.17 bits per heavy atom. The maximum Gasteiger partial charge on any atom is 0.251 e. The van der Waals surface area contributed by atoms with Crippen molar-refractivity contribution in [2.75, 3.05) is 6.54 Å². The molecule has 3 aromatic heterocycles. The summed E-state index contributed by atoms with van der Waals surface area (Å²) in [5.74, 6) is -0.0827. The van der Waals surface area contributed by atoms with Crippen molar-refractivity contribution in [1.82, 2.24) is 19.9 Å². The highest BCUT2D eigenvalue weighted by Gasteiger charge is 2.11. The number of aromatic amines is 1. The molecule has 0 spiro atoms. The van der Waals surface area contributed by atoms with Crippen molar-refractivity contribution < 1.29 is 4.79 Å². The van der Waals surface area contributed by atoms with Gasteiger partial charge in [-0.3, -0.25) is 4.79 Å². The fourth-order valence-electron chi connectivity index (χ4n) is 3.40. The molecule has 2 N–H and O–H groups in total. The number of hydrogen-bond acceptors (Lipinski definition) is 3. The van der Waals surface area contributed by atoms with E-state index in [1.165, 1.54) is 0 Å². The Labute approximate surface area is 176 Å². The topological polar surface area (TPSA) is 62.7 Å². The highest BCUT2D eigenvalue weighted by Crippen LogP contribution is 2.26. The van der Waals surface area contributed by atoms with Crippen molar-refractivity contribution in [1.29, 1.82) is 0 Å². The van der Waals surface area contributed by atoms with E-state index in [0.29, 0.717) is 17.1 Å². The number of rotatable bonds is 5. The normalized spacial score (nSPS) is 11.3. The van der Waals surface area contributed by atoms with Crippen molar-refractivity contribution in [3.8, 4) is 5.13 Å². The lowest BCUT2D eigenvalue weighted by Gasteiger charge is -2.05. The van der Waals surface area contributed by atoms with Gasteiger partial charge in [0.15, 0.2) is 5.13 Å². The molecule has 144 valence electrons. The highest BCUT2D eigenvalue weighted by molar-refractivity contribution is 7.20. The number of hydrogen-bond donors (Lipinski definition) is 2. The maximum absolute atomic E-state index is 12.6. The molecule has 2 aromatic carbocycles. The van der Waals surface area contributed by atoms with Gasteiger partial charge in [0.25, 0.3) is 5.91 Å². The second kappa shape index (κ2) is 7.39. The average Bonchev–Trinajstić information content (AvgIpc) is 3.46. The lowest BCUT2D eigenvalue weighted by Crippen LogP contribution is -2.25. The van der Waals surface area contributed by atoms with Gasteiger partial charge >= 0.3 is 0 Å². The standard InChI is InChI=1S/C22H17ClN4OS/c23-16-4-6-18-17(12-16)15(13-25-18)7-8-24-21(28)14-3-5-19-20(11-14)29-22(26-19)27-9-1-2-10-27/h1-6,9-13,25H,7-8H2,(H,24,28). The van der Waals surface area contributed by atoms with Crippen LogP contribution in [0.2, 0.25) is 5.02 Å². The molecule has 3 heterocycles. The quantitative estimate of drug-likeness (QED) is 0.410. The molecule has 0 saturated heterocycles. The van der Waals surface area contributed by atoms with Crippen LogP contribution in [-0.4, -0.2) is 27.0 Å². The first-order chi connectivity index (χ1) is 14.2. The fraction of sp³-hybridized carbons (Fsp3) is 0.0909. The molecule has 5 rings (SSSR count). The molecule has 29 heavy (non-hydrogen) atoms. The van der Waals surface area contributed by atoms with Crippen LogP contribution >= 0.6 is 22.9 Å². The van der Waals surface area contributed by atoms with Gasteiger partial charge in [-0.15, -0.1) is 0 Å². The summed E-state index contributed by atoms with van der Waals surface area (Å²) in [6, 6.07) is 15.3. The van der Waals surface area contributed by atoms with Gasteiger partial charge in [0, 0.05) is 46.6 Å². The predicted octanol–water partition coefficient (Wildman–Crippen LogP) is 5.19. The lowest BCUT2D eigenvalue weighted by atomic mass is 10.1. The molecule has 0 aliphatic rings. The Morgan fingerprint density at radius 3 is 2.90 bits per heavy atom. The van der Waals surface area contributed by atoms with Gasteiger partial charge in [-0.1, -0.05) is 22.9 Å². The lowest BCUT2D eigenvalue weighted by molar-refractivity contribution is 0.0954. The number of fused-ring (bicyclic) bond motifs is 2. The van der Waals surface area contributed by atoms with E-state index in [0.717, 1.165) is 38.2 Å². The van der Waals surface area contributed by atoms with Crippen LogP contribution in [0.5, 0.6) is 0 Å². The number of aromatic nitrogens is 3. The van der Waals surface area contributed by atoms with Crippen molar-refractivity contribution in [2.24, 2.45) is 0 Å². The smallest absolute Gasteiger partial charge is 0.251 e. The van der Waals surface area contributed by atoms with Crippen molar-refractivity contribution >= 4 is 50.0 Å². The number of carbonyl (C=O) groups is 1. The number of amides is 1. The fourth-order valence-corrected chi connectivity index (χ4v) is 4.54. The molecule has 0 atom stereocenters. The molecule has 0 aliphatic carbocycles. The summed E-state index contributed by atoms with van der Waals surface area (Å²) < 4.78 is 2.96. The summed E-state index contributed by atoms with van der Waals surface area (Å²) in [4.78, 5) is 20.5. The third kappa shape index (κ3) is 3.52. The number of thiazole rings is 1. The van der Waals surface area contributed by atoms with Gasteiger partial charge in [-0.25, -0.2) is 4.98 Å². The second-order valence-corrected chi connectivity index (χ2v) is 8.22. The molecule has 0 aliphatic heterocycles. The number of carbonyl (C=O) groups excluding carboxylic acids is 1. The first-order valence-corrected chi connectivity index (χ1v) is 10.4. The molecule has 0 radical (unpaired) electrons. The zero-order valence-corrected chi connectivity index (χ0v) is 16.9. The van der Waals surface area contributed by atoms with E-state index in [2.05, 4.69) is 15.3 Å². The SMILES string of the molecule is O=C(NCCc1c[nH]c2ccc(Cl)cc12)c1ccc2nc(-n3cccc3)sc2c1. The van der Waals surface area contributed by atoms with Crippen LogP contribution in [0, 0.1) is 0 Å². The average molecular weight is 421 g/mol. The molecule has 5 aromatic rings. The number of nitrogens with one attached hydrogen (secondary N) is 2. The third-order valence-corrected chi connectivity index (χ3v) is 6.14. The number of benzene rings is 2. The molecule has 0 fully saturated rings. The second-order valence-electron chi connectivity index (χ2n) is 6.78. The zero-order chi connectivity index (χ0) is 19.8.